The Balaban J connectivity index is 1.93. The van der Waals surface area contributed by atoms with E-state index in [0.717, 1.165) is 25.2 Å². The van der Waals surface area contributed by atoms with Crippen LogP contribution in [0.5, 0.6) is 5.75 Å². The zero-order valence-corrected chi connectivity index (χ0v) is 14.6. The summed E-state index contributed by atoms with van der Waals surface area (Å²) in [4.78, 5) is 14.5. The third kappa shape index (κ3) is 4.83. The van der Waals surface area contributed by atoms with Gasteiger partial charge in [0.25, 0.3) is 0 Å². The first-order valence-corrected chi connectivity index (χ1v) is 8.28. The van der Waals surface area contributed by atoms with Crippen LogP contribution in [0.25, 0.3) is 0 Å². The Hall–Kier alpha value is -2.33. The van der Waals surface area contributed by atoms with E-state index in [1.807, 2.05) is 18.2 Å². The molecule has 24 heavy (non-hydrogen) atoms. The molecule has 0 aliphatic heterocycles. The van der Waals surface area contributed by atoms with Gasteiger partial charge in [0, 0.05) is 6.54 Å². The van der Waals surface area contributed by atoms with Crippen LogP contribution in [0.1, 0.15) is 35.3 Å². The topological polar surface area (TPSA) is 38.8 Å². The number of benzene rings is 2. The van der Waals surface area contributed by atoms with Crippen molar-refractivity contribution in [1.82, 2.24) is 4.90 Å². The highest BCUT2D eigenvalue weighted by Gasteiger charge is 2.12. The Morgan fingerprint density at radius 2 is 1.58 bits per heavy atom. The third-order valence-electron chi connectivity index (χ3n) is 4.02. The van der Waals surface area contributed by atoms with E-state index in [-0.39, 0.29) is 12.6 Å². The minimum absolute atomic E-state index is 0.252. The predicted molar refractivity (Wildman–Crippen MR) is 95.2 cm³/mol. The maximum atomic E-state index is 12.2. The van der Waals surface area contributed by atoms with Gasteiger partial charge in [0.05, 0.1) is 7.11 Å². The van der Waals surface area contributed by atoms with E-state index in [2.05, 4.69) is 30.9 Å². The van der Waals surface area contributed by atoms with E-state index in [1.165, 1.54) is 5.56 Å². The highest BCUT2D eigenvalue weighted by Crippen LogP contribution is 2.19. The van der Waals surface area contributed by atoms with E-state index in [1.54, 1.807) is 25.3 Å². The fraction of sp³-hybridized carbons (Fsp3) is 0.350. The molecule has 2 aromatic rings. The second-order valence-electron chi connectivity index (χ2n) is 5.55. The Bertz CT molecular complexity index is 648. The van der Waals surface area contributed by atoms with Crippen molar-refractivity contribution in [1.29, 1.82) is 0 Å². The summed E-state index contributed by atoms with van der Waals surface area (Å²) in [6.45, 7) is 7.59. The molecular weight excluding hydrogens is 302 g/mol. The normalized spacial score (nSPS) is 10.7. The van der Waals surface area contributed by atoms with Crippen molar-refractivity contribution >= 4 is 5.97 Å². The maximum Gasteiger partial charge on any atom is 0.342 e. The SMILES string of the molecule is CCN(CC)Cc1ccc(COC(=O)c2ccccc2OC)cc1. The number of carbonyl (C=O) groups is 1. The van der Waals surface area contributed by atoms with Crippen LogP contribution in [0.4, 0.5) is 0 Å². The van der Waals surface area contributed by atoms with E-state index in [0.29, 0.717) is 11.3 Å². The van der Waals surface area contributed by atoms with Crippen molar-refractivity contribution in [2.45, 2.75) is 27.0 Å². The molecule has 4 heteroatoms. The minimum atomic E-state index is -0.375. The summed E-state index contributed by atoms with van der Waals surface area (Å²) in [5, 5.41) is 0. The number of methoxy groups -OCH3 is 1. The van der Waals surface area contributed by atoms with Crippen LogP contribution in [-0.4, -0.2) is 31.1 Å². The molecule has 0 aliphatic rings. The second-order valence-corrected chi connectivity index (χ2v) is 5.55. The molecule has 0 saturated carbocycles. The molecule has 0 unspecified atom stereocenters. The summed E-state index contributed by atoms with van der Waals surface area (Å²) in [5.41, 5.74) is 2.68. The van der Waals surface area contributed by atoms with Gasteiger partial charge < -0.3 is 9.47 Å². The second kappa shape index (κ2) is 9.08. The molecule has 0 amide bonds. The van der Waals surface area contributed by atoms with Crippen molar-refractivity contribution in [3.8, 4) is 5.75 Å². The Kier molecular flexibility index (Phi) is 6.82. The lowest BCUT2D eigenvalue weighted by atomic mass is 10.1. The van der Waals surface area contributed by atoms with Crippen LogP contribution in [0.2, 0.25) is 0 Å². The van der Waals surface area contributed by atoms with Crippen molar-refractivity contribution < 1.29 is 14.3 Å². The van der Waals surface area contributed by atoms with Gasteiger partial charge in [0.15, 0.2) is 0 Å². The van der Waals surface area contributed by atoms with E-state index >= 15 is 0 Å². The zero-order valence-electron chi connectivity index (χ0n) is 14.6. The molecule has 0 heterocycles. The lowest BCUT2D eigenvalue weighted by Crippen LogP contribution is -2.22. The number of para-hydroxylation sites is 1. The Morgan fingerprint density at radius 3 is 2.21 bits per heavy atom. The average molecular weight is 327 g/mol. The molecule has 0 bridgehead atoms. The molecule has 0 radical (unpaired) electrons. The highest BCUT2D eigenvalue weighted by atomic mass is 16.5. The van der Waals surface area contributed by atoms with Crippen LogP contribution < -0.4 is 4.74 Å². The van der Waals surface area contributed by atoms with Gasteiger partial charge in [-0.25, -0.2) is 4.79 Å². The summed E-state index contributed by atoms with van der Waals surface area (Å²) in [5.74, 6) is 0.150. The third-order valence-corrected chi connectivity index (χ3v) is 4.02. The molecule has 0 aliphatic carbocycles. The summed E-state index contributed by atoms with van der Waals surface area (Å²) < 4.78 is 10.6. The fourth-order valence-electron chi connectivity index (χ4n) is 2.49. The number of carbonyl (C=O) groups excluding carboxylic acids is 1. The molecular formula is C20H25NO3. The lowest BCUT2D eigenvalue weighted by molar-refractivity contribution is 0.0469. The first kappa shape index (κ1) is 18.0. The van der Waals surface area contributed by atoms with E-state index in [9.17, 15) is 4.79 Å². The van der Waals surface area contributed by atoms with Crippen LogP contribution in [-0.2, 0) is 17.9 Å². The van der Waals surface area contributed by atoms with Gasteiger partial charge in [0.2, 0.25) is 0 Å². The molecule has 4 nitrogen and oxygen atoms in total. The average Bonchev–Trinajstić information content (AvgIpc) is 2.65. The molecule has 2 rings (SSSR count). The van der Waals surface area contributed by atoms with Gasteiger partial charge in [-0.1, -0.05) is 50.2 Å². The molecule has 0 aromatic heterocycles. The number of nitrogens with zero attached hydrogens (tertiary/aromatic N) is 1. The Labute approximate surface area is 144 Å². The highest BCUT2D eigenvalue weighted by molar-refractivity contribution is 5.92. The number of hydrogen-bond acceptors (Lipinski definition) is 4. The van der Waals surface area contributed by atoms with Gasteiger partial charge >= 0.3 is 5.97 Å². The molecule has 2 aromatic carbocycles. The van der Waals surface area contributed by atoms with Crippen molar-refractivity contribution in [2.75, 3.05) is 20.2 Å². The fourth-order valence-corrected chi connectivity index (χ4v) is 2.49. The van der Waals surface area contributed by atoms with Crippen molar-refractivity contribution in [3.63, 3.8) is 0 Å². The summed E-state index contributed by atoms with van der Waals surface area (Å²) in [7, 11) is 1.54. The van der Waals surface area contributed by atoms with Crippen LogP contribution in [0.3, 0.4) is 0 Å². The van der Waals surface area contributed by atoms with E-state index in [4.69, 9.17) is 9.47 Å². The standard InChI is InChI=1S/C20H25NO3/c1-4-21(5-2)14-16-10-12-17(13-11-16)15-24-20(22)18-8-6-7-9-19(18)23-3/h6-13H,4-5,14-15H2,1-3H3. The van der Waals surface area contributed by atoms with Gasteiger partial charge in [-0.15, -0.1) is 0 Å². The summed E-state index contributed by atoms with van der Waals surface area (Å²) in [6.07, 6.45) is 0. The van der Waals surface area contributed by atoms with Gasteiger partial charge in [-0.05, 0) is 36.3 Å². The smallest absolute Gasteiger partial charge is 0.342 e. The lowest BCUT2D eigenvalue weighted by Gasteiger charge is -2.18. The Morgan fingerprint density at radius 1 is 0.958 bits per heavy atom. The van der Waals surface area contributed by atoms with Gasteiger partial charge in [0.1, 0.15) is 17.9 Å². The zero-order chi connectivity index (χ0) is 17.4. The minimum Gasteiger partial charge on any atom is -0.496 e. The van der Waals surface area contributed by atoms with Crippen LogP contribution >= 0.6 is 0 Å². The van der Waals surface area contributed by atoms with Crippen molar-refractivity contribution in [2.24, 2.45) is 0 Å². The molecule has 0 spiro atoms. The molecule has 128 valence electrons. The predicted octanol–water partition coefficient (Wildman–Crippen LogP) is 3.89. The monoisotopic (exact) mass is 327 g/mol. The first-order valence-electron chi connectivity index (χ1n) is 8.28. The first-order chi connectivity index (χ1) is 11.7. The van der Waals surface area contributed by atoms with Gasteiger partial charge in [-0.3, -0.25) is 4.90 Å². The largest absolute Gasteiger partial charge is 0.496 e. The van der Waals surface area contributed by atoms with Gasteiger partial charge in [-0.2, -0.15) is 0 Å². The maximum absolute atomic E-state index is 12.2. The molecule has 0 N–H and O–H groups in total. The summed E-state index contributed by atoms with van der Waals surface area (Å²) >= 11 is 0. The van der Waals surface area contributed by atoms with Crippen LogP contribution in [0.15, 0.2) is 48.5 Å². The number of rotatable bonds is 8. The van der Waals surface area contributed by atoms with Crippen LogP contribution in [0, 0.1) is 0 Å². The van der Waals surface area contributed by atoms with Crippen molar-refractivity contribution in [3.05, 3.63) is 65.2 Å². The molecule has 0 atom stereocenters. The van der Waals surface area contributed by atoms with E-state index < -0.39 is 0 Å². The number of esters is 1. The number of ether oxygens (including phenoxy) is 2. The molecule has 0 saturated heterocycles. The summed E-state index contributed by atoms with van der Waals surface area (Å²) in [6, 6.07) is 15.3. The number of hydrogen-bond donors (Lipinski definition) is 0. The molecule has 0 fully saturated rings. The quantitative estimate of drug-likeness (QED) is 0.690.